The number of benzene rings is 2. The number of carbonyl (C=O) groups excluding carboxylic acids is 1. The normalized spacial score (nSPS) is 10.9. The van der Waals surface area contributed by atoms with Gasteiger partial charge in [0.2, 0.25) is 5.91 Å². The van der Waals surface area contributed by atoms with Gasteiger partial charge in [0.05, 0.1) is 17.1 Å². The zero-order valence-electron chi connectivity index (χ0n) is 15.3. The number of amides is 1. The lowest BCUT2D eigenvalue weighted by molar-refractivity contribution is -0.118. The monoisotopic (exact) mass is 364 g/mol. The van der Waals surface area contributed by atoms with E-state index in [-0.39, 0.29) is 5.91 Å². The van der Waals surface area contributed by atoms with Crippen LogP contribution in [0.25, 0.3) is 0 Å². The predicted molar refractivity (Wildman–Crippen MR) is 109 cm³/mol. The average molecular weight is 365 g/mol. The summed E-state index contributed by atoms with van der Waals surface area (Å²) in [5.74, 6) is 0.486. The lowest BCUT2D eigenvalue weighted by atomic mass is 10.1. The first-order chi connectivity index (χ1) is 12.6. The standard InChI is InChI=1S/C22H24N2OS/c1-17(2)22-23-19(16-26-22)15-21(25)24(20-11-7-4-8-12-20)14-13-18-9-5-3-6-10-18/h3-12,16-17H,13-15H2,1-2H3. The molecule has 1 aromatic heterocycles. The van der Waals surface area contributed by atoms with Gasteiger partial charge in [-0.15, -0.1) is 11.3 Å². The molecular formula is C22H24N2OS. The van der Waals surface area contributed by atoms with Gasteiger partial charge < -0.3 is 4.90 Å². The summed E-state index contributed by atoms with van der Waals surface area (Å²) < 4.78 is 0. The van der Waals surface area contributed by atoms with Crippen LogP contribution in [0.15, 0.2) is 66.0 Å². The molecule has 0 bridgehead atoms. The van der Waals surface area contributed by atoms with Crippen molar-refractivity contribution >= 4 is 22.9 Å². The molecule has 3 aromatic rings. The Balaban J connectivity index is 1.74. The highest BCUT2D eigenvalue weighted by Gasteiger charge is 2.18. The minimum atomic E-state index is 0.0905. The highest BCUT2D eigenvalue weighted by Crippen LogP contribution is 2.21. The molecule has 0 spiro atoms. The fourth-order valence-electron chi connectivity index (χ4n) is 2.81. The van der Waals surface area contributed by atoms with Crippen molar-refractivity contribution in [3.05, 3.63) is 82.3 Å². The molecule has 0 N–H and O–H groups in total. The van der Waals surface area contributed by atoms with Crippen molar-refractivity contribution in [2.24, 2.45) is 0 Å². The molecule has 0 aliphatic heterocycles. The van der Waals surface area contributed by atoms with Gasteiger partial charge in [0.1, 0.15) is 0 Å². The van der Waals surface area contributed by atoms with Crippen molar-refractivity contribution in [1.29, 1.82) is 0 Å². The summed E-state index contributed by atoms with van der Waals surface area (Å²) in [6.07, 6.45) is 1.17. The maximum Gasteiger partial charge on any atom is 0.233 e. The van der Waals surface area contributed by atoms with Gasteiger partial charge in [0.15, 0.2) is 0 Å². The van der Waals surface area contributed by atoms with Crippen molar-refractivity contribution < 1.29 is 4.79 Å². The number of carbonyl (C=O) groups is 1. The number of nitrogens with zero attached hydrogens (tertiary/aromatic N) is 2. The number of hydrogen-bond acceptors (Lipinski definition) is 3. The minimum absolute atomic E-state index is 0.0905. The summed E-state index contributed by atoms with van der Waals surface area (Å²) in [5.41, 5.74) is 3.04. The average Bonchev–Trinajstić information content (AvgIpc) is 3.12. The summed E-state index contributed by atoms with van der Waals surface area (Å²) in [6, 6.07) is 20.2. The highest BCUT2D eigenvalue weighted by molar-refractivity contribution is 7.09. The molecule has 0 atom stereocenters. The van der Waals surface area contributed by atoms with Gasteiger partial charge in [-0.2, -0.15) is 0 Å². The maximum absolute atomic E-state index is 13.0. The number of para-hydroxylation sites is 1. The van der Waals surface area contributed by atoms with Crippen LogP contribution < -0.4 is 4.90 Å². The molecule has 0 aliphatic rings. The fraction of sp³-hybridized carbons (Fsp3) is 0.273. The van der Waals surface area contributed by atoms with E-state index in [1.807, 2.05) is 58.8 Å². The molecule has 1 amide bonds. The van der Waals surface area contributed by atoms with Crippen molar-refractivity contribution in [3.63, 3.8) is 0 Å². The molecule has 1 heterocycles. The Labute approximate surface area is 159 Å². The van der Waals surface area contributed by atoms with Crippen molar-refractivity contribution in [3.8, 4) is 0 Å². The molecule has 0 aliphatic carbocycles. The second-order valence-corrected chi connectivity index (χ2v) is 7.51. The van der Waals surface area contributed by atoms with Crippen molar-refractivity contribution in [1.82, 2.24) is 4.98 Å². The SMILES string of the molecule is CC(C)c1nc(CC(=O)N(CCc2ccccc2)c2ccccc2)cs1. The zero-order valence-corrected chi connectivity index (χ0v) is 16.1. The molecule has 2 aromatic carbocycles. The first kappa shape index (κ1) is 18.3. The van der Waals surface area contributed by atoms with Gasteiger partial charge in [0, 0.05) is 23.5 Å². The minimum Gasteiger partial charge on any atom is -0.312 e. The van der Waals surface area contributed by atoms with E-state index in [2.05, 4.69) is 31.0 Å². The van der Waals surface area contributed by atoms with Crippen LogP contribution in [0.2, 0.25) is 0 Å². The number of hydrogen-bond donors (Lipinski definition) is 0. The molecule has 0 fully saturated rings. The van der Waals surface area contributed by atoms with E-state index in [1.54, 1.807) is 11.3 Å². The van der Waals surface area contributed by atoms with Gasteiger partial charge >= 0.3 is 0 Å². The molecule has 0 saturated heterocycles. The van der Waals surface area contributed by atoms with E-state index < -0.39 is 0 Å². The van der Waals surface area contributed by atoms with E-state index in [0.717, 1.165) is 22.8 Å². The molecule has 0 unspecified atom stereocenters. The Morgan fingerprint density at radius 1 is 1.04 bits per heavy atom. The Bertz CT molecular complexity index is 828. The topological polar surface area (TPSA) is 33.2 Å². The second kappa shape index (κ2) is 8.77. The van der Waals surface area contributed by atoms with Crippen LogP contribution in [-0.2, 0) is 17.6 Å². The van der Waals surface area contributed by atoms with Crippen molar-refractivity contribution in [2.75, 3.05) is 11.4 Å². The van der Waals surface area contributed by atoms with Gasteiger partial charge in [-0.05, 0) is 24.1 Å². The summed E-state index contributed by atoms with van der Waals surface area (Å²) in [7, 11) is 0. The lowest BCUT2D eigenvalue weighted by Crippen LogP contribution is -2.34. The van der Waals surface area contributed by atoms with Gasteiger partial charge in [0.25, 0.3) is 0 Å². The van der Waals surface area contributed by atoms with Crippen LogP contribution in [0.5, 0.6) is 0 Å². The van der Waals surface area contributed by atoms with Crippen LogP contribution >= 0.6 is 11.3 Å². The number of rotatable bonds is 7. The van der Waals surface area contributed by atoms with Crippen LogP contribution in [0.1, 0.15) is 36.0 Å². The largest absolute Gasteiger partial charge is 0.312 e. The third kappa shape index (κ3) is 4.79. The van der Waals surface area contributed by atoms with Crippen LogP contribution in [-0.4, -0.2) is 17.4 Å². The number of thiazole rings is 1. The third-order valence-electron chi connectivity index (χ3n) is 4.23. The first-order valence-corrected chi connectivity index (χ1v) is 9.85. The van der Waals surface area contributed by atoms with Crippen molar-refractivity contribution in [2.45, 2.75) is 32.6 Å². The predicted octanol–water partition coefficient (Wildman–Crippen LogP) is 5.08. The quantitative estimate of drug-likeness (QED) is 0.585. The summed E-state index contributed by atoms with van der Waals surface area (Å²) >= 11 is 1.64. The molecule has 0 radical (unpaired) electrons. The summed E-state index contributed by atoms with van der Waals surface area (Å²) in [6.45, 7) is 4.91. The van der Waals surface area contributed by atoms with Gasteiger partial charge in [-0.3, -0.25) is 4.79 Å². The first-order valence-electron chi connectivity index (χ1n) is 8.97. The Kier molecular flexibility index (Phi) is 6.18. The molecule has 0 saturated carbocycles. The molecule has 26 heavy (non-hydrogen) atoms. The van der Waals surface area contributed by atoms with Crippen LogP contribution in [0.4, 0.5) is 5.69 Å². The third-order valence-corrected chi connectivity index (χ3v) is 5.43. The Morgan fingerprint density at radius 2 is 1.69 bits per heavy atom. The molecule has 3 nitrogen and oxygen atoms in total. The summed E-state index contributed by atoms with van der Waals surface area (Å²) in [4.78, 5) is 19.5. The molecule has 3 rings (SSSR count). The van der Waals surface area contributed by atoms with E-state index in [1.165, 1.54) is 5.56 Å². The fourth-order valence-corrected chi connectivity index (χ4v) is 3.65. The molecule has 4 heteroatoms. The van der Waals surface area contributed by atoms with Gasteiger partial charge in [-0.25, -0.2) is 4.98 Å². The number of anilines is 1. The Morgan fingerprint density at radius 3 is 2.31 bits per heavy atom. The highest BCUT2D eigenvalue weighted by atomic mass is 32.1. The molecular weight excluding hydrogens is 340 g/mol. The van der Waals surface area contributed by atoms with E-state index in [4.69, 9.17) is 0 Å². The maximum atomic E-state index is 13.0. The van der Waals surface area contributed by atoms with Crippen LogP contribution in [0, 0.1) is 0 Å². The second-order valence-electron chi connectivity index (χ2n) is 6.63. The smallest absolute Gasteiger partial charge is 0.233 e. The molecule has 134 valence electrons. The number of aromatic nitrogens is 1. The van der Waals surface area contributed by atoms with Crippen LogP contribution in [0.3, 0.4) is 0 Å². The Hall–Kier alpha value is -2.46. The van der Waals surface area contributed by atoms with E-state index in [9.17, 15) is 4.79 Å². The van der Waals surface area contributed by atoms with E-state index >= 15 is 0 Å². The zero-order chi connectivity index (χ0) is 18.4. The summed E-state index contributed by atoms with van der Waals surface area (Å²) in [5, 5.41) is 3.09. The van der Waals surface area contributed by atoms with E-state index in [0.29, 0.717) is 18.9 Å². The van der Waals surface area contributed by atoms with Gasteiger partial charge in [-0.1, -0.05) is 62.4 Å². The lowest BCUT2D eigenvalue weighted by Gasteiger charge is -2.23.